The van der Waals surface area contributed by atoms with Gasteiger partial charge in [-0.05, 0) is 305 Å². The fraction of sp³-hybridized carbons (Fsp3) is 0.172. The molecule has 10 aliphatic carbocycles. The first-order valence-electron chi connectivity index (χ1n) is 44.2. The summed E-state index contributed by atoms with van der Waals surface area (Å²) in [6.07, 6.45) is 14.3. The van der Waals surface area contributed by atoms with Gasteiger partial charge in [-0.15, -0.1) is 0 Å². The molecule has 16 aromatic carbocycles. The molecule has 18 aromatic rings. The van der Waals surface area contributed by atoms with Gasteiger partial charge in [0.15, 0.2) is 0 Å². The molecule has 0 atom stereocenters. The Morgan fingerprint density at radius 2 is 0.525 bits per heavy atom. The van der Waals surface area contributed by atoms with Gasteiger partial charge in [-0.3, -0.25) is 0 Å². The fourth-order valence-electron chi connectivity index (χ4n) is 26.1. The Balaban J connectivity index is 0.000000133. The van der Waals surface area contributed by atoms with Crippen molar-refractivity contribution in [2.45, 2.75) is 75.0 Å². The molecule has 0 unspecified atom stereocenters. The number of benzene rings is 16. The number of para-hydroxylation sites is 6. The number of rotatable bonds is 12. The van der Waals surface area contributed by atoms with Crippen LogP contribution in [0.3, 0.4) is 0 Å². The van der Waals surface area contributed by atoms with Gasteiger partial charge in [0, 0.05) is 77.6 Å². The van der Waals surface area contributed by atoms with Crippen molar-refractivity contribution < 1.29 is 0 Å². The van der Waals surface area contributed by atoms with Gasteiger partial charge in [0.25, 0.3) is 0 Å². The molecule has 0 aliphatic heterocycles. The molecule has 0 N–H and O–H groups in total. The number of hydrogen-bond donors (Lipinski definition) is 0. The molecule has 2 heterocycles. The van der Waals surface area contributed by atoms with E-state index < -0.39 is 0 Å². The Hall–Kier alpha value is -13.3. The highest BCUT2D eigenvalue weighted by Crippen LogP contribution is 2.72. The number of fused-ring (bicyclic) bond motifs is 12. The van der Waals surface area contributed by atoms with Crippen molar-refractivity contribution in [2.75, 3.05) is 9.80 Å². The minimum absolute atomic E-state index is 0.196. The lowest BCUT2D eigenvalue weighted by Crippen LogP contribution is -2.55. The predicted octanol–water partition coefficient (Wildman–Crippen LogP) is 30.6. The maximum Gasteiger partial charge on any atom is 0.0561 e. The van der Waals surface area contributed by atoms with Crippen LogP contribution in [-0.4, -0.2) is 9.13 Å². The van der Waals surface area contributed by atoms with Crippen LogP contribution in [-0.2, 0) is 10.8 Å². The van der Waals surface area contributed by atoms with E-state index >= 15 is 0 Å². The van der Waals surface area contributed by atoms with Gasteiger partial charge in [0.05, 0.1) is 33.4 Å². The van der Waals surface area contributed by atoms with Crippen molar-refractivity contribution in [2.24, 2.45) is 47.3 Å². The topological polar surface area (TPSA) is 16.3 Å². The third kappa shape index (κ3) is 10.7. The second kappa shape index (κ2) is 27.7. The lowest BCUT2D eigenvalue weighted by molar-refractivity contribution is -0.0399. The normalized spacial score (nSPS) is 22.1. The van der Waals surface area contributed by atoms with E-state index in [9.17, 15) is 0 Å². The van der Waals surface area contributed by atoms with Crippen LogP contribution >= 0.6 is 0 Å². The quantitative estimate of drug-likeness (QED) is 0.121. The molecule has 120 heavy (non-hydrogen) atoms. The van der Waals surface area contributed by atoms with Gasteiger partial charge in [0.1, 0.15) is 0 Å². The summed E-state index contributed by atoms with van der Waals surface area (Å²) in [4.78, 5) is 4.91. The van der Waals surface area contributed by atoms with Gasteiger partial charge in [-0.25, -0.2) is 0 Å². The predicted molar refractivity (Wildman–Crippen MR) is 499 cm³/mol. The highest BCUT2D eigenvalue weighted by molar-refractivity contribution is 6.12. The summed E-state index contributed by atoms with van der Waals surface area (Å²) >= 11 is 0. The summed E-state index contributed by atoms with van der Waals surface area (Å²) in [5, 5.41) is 4.99. The van der Waals surface area contributed by atoms with Crippen LogP contribution in [0.2, 0.25) is 0 Å². The molecular weight excluding hydrogens is 1450 g/mol. The van der Waals surface area contributed by atoms with Crippen LogP contribution in [0.1, 0.15) is 86.5 Å². The average molecular weight is 1540 g/mol. The molecule has 8 saturated carbocycles. The van der Waals surface area contributed by atoms with Gasteiger partial charge in [-0.1, -0.05) is 273 Å². The van der Waals surface area contributed by atoms with Crippen molar-refractivity contribution in [3.63, 3.8) is 0 Å². The third-order valence-corrected chi connectivity index (χ3v) is 30.3. The summed E-state index contributed by atoms with van der Waals surface area (Å²) in [5.74, 6) is 6.90. The van der Waals surface area contributed by atoms with Crippen molar-refractivity contribution in [3.05, 3.63) is 411 Å². The molecule has 10 aliphatic rings. The van der Waals surface area contributed by atoms with E-state index in [2.05, 4.69) is 407 Å². The SMILES string of the molecule is c1ccc(-c2ccccc2N(c2ccc(-c3ccc4c(c3)-c3ccccc3C43C4CC5CC(C4)CC3C5)cc2)c2ccc3c(c2)c2ccccc2n3-c2ccccc2)cc1.c1ccc(-c2ccccc2N(c2ccc(-c3ccc4c(c3)-c3ccccc3C43C4CC5CC(C4)CC3C5)cc2)c2ccc3c4ccccc4n(-c4ccccc4)c3c2)cc1. The zero-order chi connectivity index (χ0) is 78.7. The van der Waals surface area contributed by atoms with E-state index in [0.717, 1.165) is 87.2 Å². The Morgan fingerprint density at radius 1 is 0.200 bits per heavy atom. The minimum atomic E-state index is 0.196. The Bertz CT molecular complexity index is 6990. The third-order valence-electron chi connectivity index (χ3n) is 30.3. The highest BCUT2D eigenvalue weighted by Gasteiger charge is 2.63. The lowest BCUT2D eigenvalue weighted by Gasteiger charge is -2.61. The Kier molecular flexibility index (Phi) is 16.1. The summed E-state index contributed by atoms with van der Waals surface area (Å²) < 4.78 is 4.81. The van der Waals surface area contributed by atoms with Crippen molar-refractivity contribution in [3.8, 4) is 78.1 Å². The molecule has 0 radical (unpaired) electrons. The van der Waals surface area contributed by atoms with Crippen molar-refractivity contribution in [1.29, 1.82) is 0 Å². The van der Waals surface area contributed by atoms with Gasteiger partial charge >= 0.3 is 0 Å². The maximum absolute atomic E-state index is 2.55. The summed E-state index contributed by atoms with van der Waals surface area (Å²) in [6.45, 7) is 0. The first-order chi connectivity index (χ1) is 59.4. The number of aromatic nitrogens is 2. The minimum Gasteiger partial charge on any atom is -0.310 e. The van der Waals surface area contributed by atoms with Crippen LogP contribution < -0.4 is 9.80 Å². The van der Waals surface area contributed by atoms with E-state index in [4.69, 9.17) is 0 Å². The number of nitrogens with zero attached hydrogens (tertiary/aromatic N) is 4. The van der Waals surface area contributed by atoms with E-state index in [0.29, 0.717) is 0 Å². The van der Waals surface area contributed by atoms with Crippen LogP contribution in [0.25, 0.3) is 122 Å². The molecule has 8 fully saturated rings. The lowest BCUT2D eigenvalue weighted by atomic mass is 9.43. The van der Waals surface area contributed by atoms with E-state index in [-0.39, 0.29) is 10.8 Å². The van der Waals surface area contributed by atoms with Crippen LogP contribution in [0.5, 0.6) is 0 Å². The standard InChI is InChI=1S/2C58H46N2/c1-3-13-41(14-4-1)48-17-8-11-21-55(48)59(47-28-29-51-50-19-9-12-22-56(50)60(57(51)37-47)45-15-5-2-6-16-45)46-26-23-40(24-27-46)42-25-30-54-52(36-42)49-18-7-10-20-53(49)58(54)43-32-38-31-39(34-43)35-44(58)33-38;1-3-13-41(14-4-1)48-17-8-11-21-55(48)59(47-28-30-57-52(37-47)50-19-9-12-22-56(50)60(57)45-15-5-2-6-16-45)46-26-23-40(24-27-46)42-25-29-54-51(36-42)49-18-7-10-20-53(49)58(54)43-32-38-31-39(34-43)35-44(58)33-38/h2*1-30,36-39,43-44H,31-35H2. The molecule has 576 valence electrons. The number of anilines is 6. The van der Waals surface area contributed by atoms with Crippen molar-refractivity contribution >= 4 is 77.7 Å². The zero-order valence-electron chi connectivity index (χ0n) is 67.4. The first-order valence-corrected chi connectivity index (χ1v) is 44.2. The summed E-state index contributed by atoms with van der Waals surface area (Å²) in [6, 6.07) is 145. The van der Waals surface area contributed by atoms with E-state index in [1.165, 1.54) is 180 Å². The zero-order valence-corrected chi connectivity index (χ0v) is 67.4. The molecule has 28 rings (SSSR count). The largest absolute Gasteiger partial charge is 0.310 e. The maximum atomic E-state index is 2.55. The van der Waals surface area contributed by atoms with Gasteiger partial charge < -0.3 is 18.9 Å². The van der Waals surface area contributed by atoms with Crippen LogP contribution in [0.15, 0.2) is 388 Å². The van der Waals surface area contributed by atoms with Crippen LogP contribution in [0, 0.1) is 47.3 Å². The molecule has 4 nitrogen and oxygen atoms in total. The fourth-order valence-corrected chi connectivity index (χ4v) is 26.1. The first kappa shape index (κ1) is 69.8. The van der Waals surface area contributed by atoms with Gasteiger partial charge in [0.2, 0.25) is 0 Å². The van der Waals surface area contributed by atoms with Crippen LogP contribution in [0.4, 0.5) is 34.1 Å². The molecular formula is C116H92N4. The van der Waals surface area contributed by atoms with Crippen molar-refractivity contribution in [1.82, 2.24) is 9.13 Å². The molecule has 0 saturated heterocycles. The molecule has 0 amide bonds. The molecule has 2 spiro atoms. The molecule has 8 bridgehead atoms. The monoisotopic (exact) mass is 1540 g/mol. The molecule has 4 heteroatoms. The van der Waals surface area contributed by atoms with E-state index in [1.54, 1.807) is 22.3 Å². The van der Waals surface area contributed by atoms with Gasteiger partial charge in [-0.2, -0.15) is 0 Å². The second-order valence-corrected chi connectivity index (χ2v) is 36.3. The smallest absolute Gasteiger partial charge is 0.0561 e. The summed E-state index contributed by atoms with van der Waals surface area (Å²) in [7, 11) is 0. The Labute approximate surface area is 703 Å². The second-order valence-electron chi connectivity index (χ2n) is 36.3. The average Bonchev–Trinajstić information content (AvgIpc) is 1.48. The highest BCUT2D eigenvalue weighted by atomic mass is 15.2. The van der Waals surface area contributed by atoms with E-state index in [1.807, 2.05) is 0 Å². The summed E-state index contributed by atoms with van der Waals surface area (Å²) in [5.41, 5.74) is 36.6. The molecule has 2 aromatic heterocycles. The Morgan fingerprint density at radius 3 is 0.983 bits per heavy atom. The number of hydrogen-bond acceptors (Lipinski definition) is 2.